The maximum atomic E-state index is 12.4. The first-order chi connectivity index (χ1) is 10.9. The zero-order chi connectivity index (χ0) is 17.0. The number of amides is 1. The summed E-state index contributed by atoms with van der Waals surface area (Å²) in [5.41, 5.74) is 1.68. The summed E-state index contributed by atoms with van der Waals surface area (Å²) in [6, 6.07) is 5.42. The largest absolute Gasteiger partial charge is 0.325 e. The number of halogens is 1. The average molecular weight is 351 g/mol. The van der Waals surface area contributed by atoms with E-state index in [4.69, 9.17) is 11.6 Å². The molecule has 7 heteroatoms. The number of carbonyl (C=O) groups is 1. The Hall–Kier alpha value is -1.79. The maximum absolute atomic E-state index is 12.4. The molecule has 1 aromatic carbocycles. The molecule has 1 N–H and O–H groups in total. The van der Waals surface area contributed by atoms with Crippen molar-refractivity contribution < 1.29 is 4.79 Å². The minimum Gasteiger partial charge on any atom is -0.325 e. The molecule has 0 radical (unpaired) electrons. The zero-order valence-corrected chi connectivity index (χ0v) is 14.9. The summed E-state index contributed by atoms with van der Waals surface area (Å²) in [6.07, 6.45) is 1.78. The van der Waals surface area contributed by atoms with E-state index in [2.05, 4.69) is 22.1 Å². The van der Waals surface area contributed by atoms with Crippen molar-refractivity contribution in [1.29, 1.82) is 0 Å². The molecule has 0 aliphatic carbocycles. The van der Waals surface area contributed by atoms with Crippen LogP contribution in [0.2, 0.25) is 5.02 Å². The number of anilines is 1. The number of nitrogens with one attached hydrogen (secondary N) is 1. The first-order valence-electron chi connectivity index (χ1n) is 7.16. The van der Waals surface area contributed by atoms with Gasteiger partial charge in [-0.25, -0.2) is 0 Å². The number of thioether (sulfide) groups is 1. The summed E-state index contributed by atoms with van der Waals surface area (Å²) in [4.78, 5) is 12.4. The van der Waals surface area contributed by atoms with E-state index in [1.165, 1.54) is 11.8 Å². The normalized spacial score (nSPS) is 12.0. The van der Waals surface area contributed by atoms with Gasteiger partial charge in [0.2, 0.25) is 5.91 Å². The molecule has 0 aliphatic heterocycles. The van der Waals surface area contributed by atoms with E-state index in [1.807, 2.05) is 31.4 Å². The van der Waals surface area contributed by atoms with Crippen LogP contribution in [0.25, 0.3) is 0 Å². The highest BCUT2D eigenvalue weighted by Gasteiger charge is 2.19. The second-order valence-electron chi connectivity index (χ2n) is 5.14. The van der Waals surface area contributed by atoms with Crippen molar-refractivity contribution in [2.45, 2.75) is 37.7 Å². The number of benzene rings is 1. The van der Waals surface area contributed by atoms with Gasteiger partial charge in [-0.1, -0.05) is 35.5 Å². The molecule has 122 valence electrons. The fraction of sp³-hybridized carbons (Fsp3) is 0.312. The minimum absolute atomic E-state index is 0.105. The number of hydrogen-bond acceptors (Lipinski definition) is 4. The van der Waals surface area contributed by atoms with Crippen LogP contribution in [0.3, 0.4) is 0 Å². The van der Waals surface area contributed by atoms with Gasteiger partial charge in [0.05, 0.1) is 5.25 Å². The third-order valence-corrected chi connectivity index (χ3v) is 4.64. The van der Waals surface area contributed by atoms with E-state index in [9.17, 15) is 4.79 Å². The van der Waals surface area contributed by atoms with Gasteiger partial charge < -0.3 is 9.88 Å². The van der Waals surface area contributed by atoms with E-state index in [1.54, 1.807) is 18.2 Å². The van der Waals surface area contributed by atoms with Gasteiger partial charge in [-0.05, 0) is 38.5 Å². The Labute approximate surface area is 145 Å². The van der Waals surface area contributed by atoms with E-state index >= 15 is 0 Å². The van der Waals surface area contributed by atoms with E-state index < -0.39 is 0 Å². The molecular weight excluding hydrogens is 332 g/mol. The Morgan fingerprint density at radius 3 is 2.91 bits per heavy atom. The predicted molar refractivity (Wildman–Crippen MR) is 95.1 cm³/mol. The average Bonchev–Trinajstić information content (AvgIpc) is 2.84. The molecule has 0 unspecified atom stereocenters. The molecule has 1 heterocycles. The van der Waals surface area contributed by atoms with Gasteiger partial charge in [-0.15, -0.1) is 16.8 Å². The molecule has 23 heavy (non-hydrogen) atoms. The quantitative estimate of drug-likeness (QED) is 0.635. The van der Waals surface area contributed by atoms with Crippen molar-refractivity contribution in [3.05, 3.63) is 47.3 Å². The molecule has 0 spiro atoms. The van der Waals surface area contributed by atoms with Gasteiger partial charge >= 0.3 is 0 Å². The van der Waals surface area contributed by atoms with Crippen LogP contribution < -0.4 is 5.32 Å². The summed E-state index contributed by atoms with van der Waals surface area (Å²) in [5, 5.41) is 12.1. The second-order valence-corrected chi connectivity index (χ2v) is 6.88. The molecule has 1 aromatic heterocycles. The Kier molecular flexibility index (Phi) is 5.85. The van der Waals surface area contributed by atoms with Crippen molar-refractivity contribution >= 4 is 35.0 Å². The van der Waals surface area contributed by atoms with Crippen LogP contribution in [-0.4, -0.2) is 25.9 Å². The lowest BCUT2D eigenvalue weighted by Crippen LogP contribution is -2.23. The van der Waals surface area contributed by atoms with Crippen LogP contribution >= 0.6 is 23.4 Å². The van der Waals surface area contributed by atoms with Crippen molar-refractivity contribution in [2.75, 3.05) is 5.32 Å². The lowest BCUT2D eigenvalue weighted by molar-refractivity contribution is -0.115. The topological polar surface area (TPSA) is 59.8 Å². The Morgan fingerprint density at radius 2 is 2.22 bits per heavy atom. The molecular formula is C16H19ClN4OS. The third kappa shape index (κ3) is 4.36. The maximum Gasteiger partial charge on any atom is 0.237 e. The number of hydrogen-bond donors (Lipinski definition) is 1. The lowest BCUT2D eigenvalue weighted by atomic mass is 10.2. The highest BCUT2D eigenvalue weighted by molar-refractivity contribution is 8.00. The lowest BCUT2D eigenvalue weighted by Gasteiger charge is -2.14. The predicted octanol–water partition coefficient (Wildman–Crippen LogP) is 3.85. The molecule has 0 aliphatic rings. The van der Waals surface area contributed by atoms with Crippen molar-refractivity contribution in [3.8, 4) is 0 Å². The smallest absolute Gasteiger partial charge is 0.237 e. The molecule has 5 nitrogen and oxygen atoms in total. The zero-order valence-electron chi connectivity index (χ0n) is 13.3. The number of allylic oxidation sites excluding steroid dienone is 1. The number of aryl methyl sites for hydroxylation is 2. The summed E-state index contributed by atoms with van der Waals surface area (Å²) in [7, 11) is 0. The summed E-state index contributed by atoms with van der Waals surface area (Å²) in [6.45, 7) is 9.98. The van der Waals surface area contributed by atoms with Crippen LogP contribution in [0.15, 0.2) is 36.0 Å². The fourth-order valence-corrected chi connectivity index (χ4v) is 3.04. The molecule has 0 fully saturated rings. The fourth-order valence-electron chi connectivity index (χ4n) is 1.96. The van der Waals surface area contributed by atoms with E-state index in [0.29, 0.717) is 16.7 Å². The van der Waals surface area contributed by atoms with Gasteiger partial charge in [0.15, 0.2) is 5.16 Å². The molecule has 2 rings (SSSR count). The standard InChI is InChI=1S/C16H19ClN4OS/c1-5-8-21-12(4)19-20-16(21)23-11(3)15(22)18-14-9-13(17)7-6-10(14)2/h5-7,9,11H,1,8H2,2-4H3,(H,18,22)/t11-/m0/s1. The van der Waals surface area contributed by atoms with Crippen LogP contribution in [0, 0.1) is 13.8 Å². The molecule has 0 saturated heterocycles. The molecule has 1 atom stereocenters. The summed E-state index contributed by atoms with van der Waals surface area (Å²) in [5.74, 6) is 0.692. The summed E-state index contributed by atoms with van der Waals surface area (Å²) >= 11 is 7.35. The molecule has 1 amide bonds. The Morgan fingerprint density at radius 1 is 1.48 bits per heavy atom. The van der Waals surface area contributed by atoms with Gasteiger partial charge in [0.25, 0.3) is 0 Å². The van der Waals surface area contributed by atoms with Crippen LogP contribution in [-0.2, 0) is 11.3 Å². The molecule has 0 bridgehead atoms. The highest BCUT2D eigenvalue weighted by atomic mass is 35.5. The van der Waals surface area contributed by atoms with Gasteiger partial charge in [0, 0.05) is 17.3 Å². The van der Waals surface area contributed by atoms with Crippen molar-refractivity contribution in [3.63, 3.8) is 0 Å². The third-order valence-electron chi connectivity index (χ3n) is 3.32. The highest BCUT2D eigenvalue weighted by Crippen LogP contribution is 2.25. The van der Waals surface area contributed by atoms with Crippen LogP contribution in [0.5, 0.6) is 0 Å². The van der Waals surface area contributed by atoms with E-state index in [-0.39, 0.29) is 11.2 Å². The number of nitrogens with zero attached hydrogens (tertiary/aromatic N) is 3. The second kappa shape index (κ2) is 7.66. The Balaban J connectivity index is 2.08. The summed E-state index contributed by atoms with van der Waals surface area (Å²) < 4.78 is 1.92. The number of rotatable bonds is 6. The first kappa shape index (κ1) is 17.6. The van der Waals surface area contributed by atoms with Crippen LogP contribution in [0.4, 0.5) is 5.69 Å². The monoisotopic (exact) mass is 350 g/mol. The molecule has 2 aromatic rings. The molecule has 0 saturated carbocycles. The first-order valence-corrected chi connectivity index (χ1v) is 8.42. The number of carbonyl (C=O) groups excluding carboxylic acids is 1. The number of aromatic nitrogens is 3. The van der Waals surface area contributed by atoms with Gasteiger partial charge in [-0.3, -0.25) is 4.79 Å². The van der Waals surface area contributed by atoms with Crippen molar-refractivity contribution in [2.24, 2.45) is 0 Å². The van der Waals surface area contributed by atoms with Gasteiger partial charge in [0.1, 0.15) is 5.82 Å². The Bertz CT molecular complexity index is 729. The van der Waals surface area contributed by atoms with Gasteiger partial charge in [-0.2, -0.15) is 0 Å². The van der Waals surface area contributed by atoms with Crippen LogP contribution in [0.1, 0.15) is 18.3 Å². The van der Waals surface area contributed by atoms with Crippen molar-refractivity contribution in [1.82, 2.24) is 14.8 Å². The minimum atomic E-state index is -0.319. The van der Waals surface area contributed by atoms with E-state index in [0.717, 1.165) is 17.1 Å². The SMILES string of the molecule is C=CCn1c(C)nnc1S[C@@H](C)C(=O)Nc1cc(Cl)ccc1C.